The van der Waals surface area contributed by atoms with E-state index in [-0.39, 0.29) is 5.56 Å². The molecule has 0 aliphatic heterocycles. The Hall–Kier alpha value is -1.81. The Balaban J connectivity index is 2.06. The third kappa shape index (κ3) is 1.57. The molecule has 80 valence electrons. The number of H-pyrrole nitrogens is 1. The zero-order chi connectivity index (χ0) is 11.0. The minimum Gasteiger partial charge on any atom is -0.343 e. The van der Waals surface area contributed by atoms with Crippen molar-refractivity contribution >= 4 is 17.0 Å². The van der Waals surface area contributed by atoms with Crippen molar-refractivity contribution in [2.24, 2.45) is 0 Å². The SMILES string of the molecule is O=c1cccc2[nH]c(Cc3cccs3)cn12. The molecule has 3 aromatic rings. The second-order valence-electron chi connectivity index (χ2n) is 3.65. The van der Waals surface area contributed by atoms with Gasteiger partial charge in [-0.25, -0.2) is 0 Å². The number of aromatic nitrogens is 2. The molecule has 0 aliphatic rings. The van der Waals surface area contributed by atoms with Crippen LogP contribution in [0.2, 0.25) is 0 Å². The van der Waals surface area contributed by atoms with E-state index in [0.29, 0.717) is 0 Å². The van der Waals surface area contributed by atoms with Crippen LogP contribution < -0.4 is 5.56 Å². The molecule has 16 heavy (non-hydrogen) atoms. The summed E-state index contributed by atoms with van der Waals surface area (Å²) < 4.78 is 1.64. The largest absolute Gasteiger partial charge is 0.343 e. The summed E-state index contributed by atoms with van der Waals surface area (Å²) in [5, 5.41) is 2.06. The topological polar surface area (TPSA) is 37.3 Å². The second kappa shape index (κ2) is 3.64. The van der Waals surface area contributed by atoms with Crippen LogP contribution in [0.3, 0.4) is 0 Å². The van der Waals surface area contributed by atoms with Gasteiger partial charge in [-0.15, -0.1) is 11.3 Å². The summed E-state index contributed by atoms with van der Waals surface area (Å²) in [5.74, 6) is 0. The molecule has 3 nitrogen and oxygen atoms in total. The van der Waals surface area contributed by atoms with Gasteiger partial charge in [-0.1, -0.05) is 12.1 Å². The Kier molecular flexibility index (Phi) is 2.15. The van der Waals surface area contributed by atoms with Gasteiger partial charge in [-0.05, 0) is 17.5 Å². The van der Waals surface area contributed by atoms with Crippen molar-refractivity contribution in [1.82, 2.24) is 9.38 Å². The molecular formula is C12H10N2OS. The van der Waals surface area contributed by atoms with Gasteiger partial charge in [0.15, 0.2) is 0 Å². The summed E-state index contributed by atoms with van der Waals surface area (Å²) in [6.45, 7) is 0. The van der Waals surface area contributed by atoms with Gasteiger partial charge in [0.2, 0.25) is 0 Å². The van der Waals surface area contributed by atoms with Crippen molar-refractivity contribution in [3.8, 4) is 0 Å². The van der Waals surface area contributed by atoms with Crippen molar-refractivity contribution in [2.75, 3.05) is 0 Å². The molecule has 0 bridgehead atoms. The Morgan fingerprint density at radius 1 is 1.25 bits per heavy atom. The second-order valence-corrected chi connectivity index (χ2v) is 4.69. The van der Waals surface area contributed by atoms with Crippen molar-refractivity contribution in [3.63, 3.8) is 0 Å². The summed E-state index contributed by atoms with van der Waals surface area (Å²) in [4.78, 5) is 16.1. The third-order valence-electron chi connectivity index (χ3n) is 2.51. The fourth-order valence-electron chi connectivity index (χ4n) is 1.78. The van der Waals surface area contributed by atoms with Crippen LogP contribution in [0.25, 0.3) is 5.65 Å². The van der Waals surface area contributed by atoms with E-state index >= 15 is 0 Å². The van der Waals surface area contributed by atoms with Crippen LogP contribution in [0.4, 0.5) is 0 Å². The molecule has 0 saturated heterocycles. The average Bonchev–Trinajstić information content (AvgIpc) is 2.88. The van der Waals surface area contributed by atoms with E-state index in [1.54, 1.807) is 27.9 Å². The number of fused-ring (bicyclic) bond motifs is 1. The Morgan fingerprint density at radius 2 is 2.19 bits per heavy atom. The Morgan fingerprint density at radius 3 is 2.94 bits per heavy atom. The lowest BCUT2D eigenvalue weighted by molar-refractivity contribution is 1.10. The maximum atomic E-state index is 11.5. The first kappa shape index (κ1) is 9.42. The molecule has 0 spiro atoms. The lowest BCUT2D eigenvalue weighted by Gasteiger charge is -1.91. The quantitative estimate of drug-likeness (QED) is 0.720. The summed E-state index contributed by atoms with van der Waals surface area (Å²) in [6, 6.07) is 9.37. The smallest absolute Gasteiger partial charge is 0.256 e. The molecule has 3 aromatic heterocycles. The first-order chi connectivity index (χ1) is 7.83. The third-order valence-corrected chi connectivity index (χ3v) is 3.38. The highest BCUT2D eigenvalue weighted by Crippen LogP contribution is 2.14. The summed E-state index contributed by atoms with van der Waals surface area (Å²) in [7, 11) is 0. The van der Waals surface area contributed by atoms with E-state index in [1.807, 2.05) is 18.3 Å². The number of hydrogen-bond donors (Lipinski definition) is 1. The zero-order valence-electron chi connectivity index (χ0n) is 8.51. The van der Waals surface area contributed by atoms with Gasteiger partial charge in [0.25, 0.3) is 5.56 Å². The van der Waals surface area contributed by atoms with Gasteiger partial charge in [-0.2, -0.15) is 0 Å². The minimum atomic E-state index is 0.00572. The summed E-state index contributed by atoms with van der Waals surface area (Å²) in [5.41, 5.74) is 1.91. The van der Waals surface area contributed by atoms with E-state index in [2.05, 4.69) is 16.4 Å². The molecule has 0 aliphatic carbocycles. The van der Waals surface area contributed by atoms with Crippen LogP contribution in [0, 0.1) is 0 Å². The fourth-order valence-corrected chi connectivity index (χ4v) is 2.51. The highest BCUT2D eigenvalue weighted by Gasteiger charge is 2.03. The van der Waals surface area contributed by atoms with Crippen molar-refractivity contribution in [1.29, 1.82) is 0 Å². The van der Waals surface area contributed by atoms with Gasteiger partial charge >= 0.3 is 0 Å². The van der Waals surface area contributed by atoms with Crippen molar-refractivity contribution < 1.29 is 0 Å². The predicted octanol–water partition coefficient (Wildman–Crippen LogP) is 2.28. The normalized spacial score (nSPS) is 11.0. The maximum Gasteiger partial charge on any atom is 0.256 e. The van der Waals surface area contributed by atoms with Crippen LogP contribution in [0.15, 0.2) is 46.7 Å². The molecule has 0 atom stereocenters. The standard InChI is InChI=1S/C12H10N2OS/c15-12-5-1-4-11-13-9(8-14(11)12)7-10-3-2-6-16-10/h1-6,8,13H,7H2. The molecule has 3 heterocycles. The number of rotatable bonds is 2. The fraction of sp³-hybridized carbons (Fsp3) is 0.0833. The van der Waals surface area contributed by atoms with Crippen LogP contribution in [-0.2, 0) is 6.42 Å². The molecule has 0 fully saturated rings. The molecular weight excluding hydrogens is 220 g/mol. The number of aromatic amines is 1. The summed E-state index contributed by atoms with van der Waals surface area (Å²) in [6.07, 6.45) is 2.72. The van der Waals surface area contributed by atoms with Gasteiger partial charge in [-0.3, -0.25) is 9.20 Å². The molecule has 3 rings (SSSR count). The van der Waals surface area contributed by atoms with E-state index in [9.17, 15) is 4.79 Å². The van der Waals surface area contributed by atoms with Crippen LogP contribution in [0.5, 0.6) is 0 Å². The Bertz CT molecular complexity index is 664. The molecule has 0 aromatic carbocycles. The van der Waals surface area contributed by atoms with Crippen LogP contribution >= 0.6 is 11.3 Å². The minimum absolute atomic E-state index is 0.00572. The van der Waals surface area contributed by atoms with Gasteiger partial charge in [0.1, 0.15) is 5.65 Å². The number of imidazole rings is 1. The lowest BCUT2D eigenvalue weighted by atomic mass is 10.3. The van der Waals surface area contributed by atoms with Crippen molar-refractivity contribution in [2.45, 2.75) is 6.42 Å². The first-order valence-corrected chi connectivity index (χ1v) is 5.92. The maximum absolute atomic E-state index is 11.5. The lowest BCUT2D eigenvalue weighted by Crippen LogP contribution is -2.08. The predicted molar refractivity (Wildman–Crippen MR) is 65.1 cm³/mol. The average molecular weight is 230 g/mol. The van der Waals surface area contributed by atoms with Gasteiger partial charge in [0.05, 0.1) is 0 Å². The van der Waals surface area contributed by atoms with E-state index in [4.69, 9.17) is 0 Å². The van der Waals surface area contributed by atoms with E-state index in [0.717, 1.165) is 17.8 Å². The van der Waals surface area contributed by atoms with Crippen molar-refractivity contribution in [3.05, 3.63) is 62.8 Å². The Labute approximate surface area is 96.0 Å². The number of thiophene rings is 1. The van der Waals surface area contributed by atoms with Crippen LogP contribution in [-0.4, -0.2) is 9.38 Å². The molecule has 0 amide bonds. The number of nitrogens with one attached hydrogen (secondary N) is 1. The number of hydrogen-bond acceptors (Lipinski definition) is 2. The molecule has 0 saturated carbocycles. The zero-order valence-corrected chi connectivity index (χ0v) is 9.33. The first-order valence-electron chi connectivity index (χ1n) is 5.04. The van der Waals surface area contributed by atoms with Gasteiger partial charge < -0.3 is 4.98 Å². The molecule has 1 N–H and O–H groups in total. The van der Waals surface area contributed by atoms with Gasteiger partial charge in [0, 0.05) is 29.3 Å². The van der Waals surface area contributed by atoms with Crippen LogP contribution in [0.1, 0.15) is 10.6 Å². The molecule has 0 radical (unpaired) electrons. The summed E-state index contributed by atoms with van der Waals surface area (Å²) >= 11 is 1.72. The number of nitrogens with zero attached hydrogens (tertiary/aromatic N) is 1. The van der Waals surface area contributed by atoms with E-state index in [1.165, 1.54) is 4.88 Å². The monoisotopic (exact) mass is 230 g/mol. The highest BCUT2D eigenvalue weighted by atomic mass is 32.1. The highest BCUT2D eigenvalue weighted by molar-refractivity contribution is 7.09. The van der Waals surface area contributed by atoms with E-state index < -0.39 is 0 Å². The molecule has 0 unspecified atom stereocenters. The number of pyridine rings is 1. The molecule has 4 heteroatoms.